The SMILES string of the molecule is Cc1nnsc1C(=O)NCCC(O)C1CCOCC1. The Balaban J connectivity index is 1.71. The van der Waals surface area contributed by atoms with Gasteiger partial charge in [-0.3, -0.25) is 4.79 Å². The van der Waals surface area contributed by atoms with E-state index in [9.17, 15) is 9.90 Å². The normalized spacial score (nSPS) is 18.2. The van der Waals surface area contributed by atoms with E-state index in [0.717, 1.165) is 37.6 Å². The molecule has 7 heteroatoms. The number of amides is 1. The molecule has 1 aliphatic rings. The number of rotatable bonds is 5. The van der Waals surface area contributed by atoms with Gasteiger partial charge in [0.1, 0.15) is 4.88 Å². The number of ether oxygens (including phenoxy) is 1. The van der Waals surface area contributed by atoms with Crippen LogP contribution in [0.5, 0.6) is 0 Å². The summed E-state index contributed by atoms with van der Waals surface area (Å²) in [6, 6.07) is 0. The highest BCUT2D eigenvalue weighted by Crippen LogP contribution is 2.20. The fourth-order valence-corrected chi connectivity index (χ4v) is 2.76. The molecule has 2 heterocycles. The van der Waals surface area contributed by atoms with Crippen molar-refractivity contribution in [2.75, 3.05) is 19.8 Å². The van der Waals surface area contributed by atoms with Crippen LogP contribution in [0.1, 0.15) is 34.6 Å². The van der Waals surface area contributed by atoms with Crippen LogP contribution in [0.4, 0.5) is 0 Å². The zero-order valence-corrected chi connectivity index (χ0v) is 11.8. The van der Waals surface area contributed by atoms with Crippen LogP contribution >= 0.6 is 11.5 Å². The quantitative estimate of drug-likeness (QED) is 0.834. The summed E-state index contributed by atoms with van der Waals surface area (Å²) in [7, 11) is 0. The summed E-state index contributed by atoms with van der Waals surface area (Å²) in [6.45, 7) is 3.67. The van der Waals surface area contributed by atoms with Crippen LogP contribution in [-0.4, -0.2) is 46.5 Å². The molecule has 1 amide bonds. The van der Waals surface area contributed by atoms with E-state index >= 15 is 0 Å². The van der Waals surface area contributed by atoms with Gasteiger partial charge in [-0.05, 0) is 43.6 Å². The van der Waals surface area contributed by atoms with Gasteiger partial charge in [-0.25, -0.2) is 0 Å². The number of aliphatic hydroxyl groups excluding tert-OH is 1. The molecule has 1 aromatic heterocycles. The second-order valence-electron chi connectivity index (χ2n) is 4.75. The molecule has 1 saturated heterocycles. The third kappa shape index (κ3) is 3.95. The molecule has 2 N–H and O–H groups in total. The molecule has 1 aromatic rings. The summed E-state index contributed by atoms with van der Waals surface area (Å²) in [5, 5.41) is 16.6. The lowest BCUT2D eigenvalue weighted by Gasteiger charge is -2.26. The lowest BCUT2D eigenvalue weighted by molar-refractivity contribution is 0.00528. The number of nitrogens with one attached hydrogen (secondary N) is 1. The molecule has 0 spiro atoms. The summed E-state index contributed by atoms with van der Waals surface area (Å²) in [5.74, 6) is 0.129. The second kappa shape index (κ2) is 6.93. The number of aliphatic hydroxyl groups is 1. The Kier molecular flexibility index (Phi) is 5.24. The Hall–Kier alpha value is -1.05. The predicted octanol–water partition coefficient (Wildman–Crippen LogP) is 0.754. The second-order valence-corrected chi connectivity index (χ2v) is 5.50. The first-order valence-electron chi connectivity index (χ1n) is 6.51. The van der Waals surface area contributed by atoms with E-state index in [1.54, 1.807) is 6.92 Å². The molecule has 0 radical (unpaired) electrons. The predicted molar refractivity (Wildman–Crippen MR) is 71.1 cm³/mol. The van der Waals surface area contributed by atoms with Crippen LogP contribution < -0.4 is 5.32 Å². The van der Waals surface area contributed by atoms with Crippen LogP contribution in [-0.2, 0) is 4.74 Å². The minimum absolute atomic E-state index is 0.160. The standard InChI is InChI=1S/C12H19N3O3S/c1-8-11(19-15-14-8)12(17)13-5-2-10(16)9-3-6-18-7-4-9/h9-10,16H,2-7H2,1H3,(H,13,17). The van der Waals surface area contributed by atoms with Crippen LogP contribution in [0.15, 0.2) is 0 Å². The zero-order valence-electron chi connectivity index (χ0n) is 11.0. The van der Waals surface area contributed by atoms with Crippen molar-refractivity contribution in [3.05, 3.63) is 10.6 Å². The van der Waals surface area contributed by atoms with Crippen LogP contribution in [0.25, 0.3) is 0 Å². The largest absolute Gasteiger partial charge is 0.393 e. The highest BCUT2D eigenvalue weighted by Gasteiger charge is 2.22. The molecular weight excluding hydrogens is 266 g/mol. The Labute approximate surface area is 116 Å². The smallest absolute Gasteiger partial charge is 0.264 e. The molecule has 0 aliphatic carbocycles. The van der Waals surface area contributed by atoms with Crippen molar-refractivity contribution in [1.29, 1.82) is 0 Å². The number of carbonyl (C=O) groups is 1. The van der Waals surface area contributed by atoms with E-state index in [4.69, 9.17) is 4.74 Å². The number of hydrogen-bond acceptors (Lipinski definition) is 6. The van der Waals surface area contributed by atoms with Gasteiger partial charge in [0.05, 0.1) is 11.8 Å². The molecule has 2 rings (SSSR count). The van der Waals surface area contributed by atoms with Gasteiger partial charge in [-0.15, -0.1) is 5.10 Å². The molecule has 1 unspecified atom stereocenters. The maximum absolute atomic E-state index is 11.8. The summed E-state index contributed by atoms with van der Waals surface area (Å²) in [4.78, 5) is 12.3. The van der Waals surface area contributed by atoms with Gasteiger partial charge in [0.25, 0.3) is 5.91 Å². The Morgan fingerprint density at radius 3 is 2.95 bits per heavy atom. The van der Waals surface area contributed by atoms with Crippen LogP contribution in [0.2, 0.25) is 0 Å². The third-order valence-corrected chi connectivity index (χ3v) is 4.22. The number of hydrogen-bond donors (Lipinski definition) is 2. The molecule has 0 bridgehead atoms. The Morgan fingerprint density at radius 2 is 2.32 bits per heavy atom. The lowest BCUT2D eigenvalue weighted by Crippen LogP contribution is -2.32. The van der Waals surface area contributed by atoms with Crippen LogP contribution in [0.3, 0.4) is 0 Å². The van der Waals surface area contributed by atoms with Gasteiger partial charge in [0.15, 0.2) is 0 Å². The third-order valence-electron chi connectivity index (χ3n) is 3.39. The van der Waals surface area contributed by atoms with Crippen molar-refractivity contribution >= 4 is 17.4 Å². The number of aryl methyl sites for hydroxylation is 1. The fraction of sp³-hybridized carbons (Fsp3) is 0.750. The average Bonchev–Trinajstić information content (AvgIpc) is 2.86. The van der Waals surface area contributed by atoms with E-state index < -0.39 is 0 Å². The topological polar surface area (TPSA) is 84.3 Å². The molecule has 106 valence electrons. The summed E-state index contributed by atoms with van der Waals surface area (Å²) in [6.07, 6.45) is 1.99. The Morgan fingerprint density at radius 1 is 1.58 bits per heavy atom. The number of carbonyl (C=O) groups excluding carboxylic acids is 1. The van der Waals surface area contributed by atoms with Crippen molar-refractivity contribution in [2.45, 2.75) is 32.3 Å². The van der Waals surface area contributed by atoms with Crippen molar-refractivity contribution in [3.8, 4) is 0 Å². The monoisotopic (exact) mass is 285 g/mol. The summed E-state index contributed by atoms with van der Waals surface area (Å²) < 4.78 is 8.99. The fourth-order valence-electron chi connectivity index (χ4n) is 2.19. The molecule has 6 nitrogen and oxygen atoms in total. The first kappa shape index (κ1) is 14.4. The first-order valence-corrected chi connectivity index (χ1v) is 7.29. The maximum Gasteiger partial charge on any atom is 0.264 e. The van der Waals surface area contributed by atoms with Gasteiger partial charge >= 0.3 is 0 Å². The molecule has 0 saturated carbocycles. The summed E-state index contributed by atoms with van der Waals surface area (Å²) in [5.41, 5.74) is 0.646. The molecular formula is C12H19N3O3S. The van der Waals surface area contributed by atoms with Gasteiger partial charge < -0.3 is 15.2 Å². The van der Waals surface area contributed by atoms with E-state index in [0.29, 0.717) is 23.5 Å². The van der Waals surface area contributed by atoms with Gasteiger partial charge in [0.2, 0.25) is 0 Å². The summed E-state index contributed by atoms with van der Waals surface area (Å²) >= 11 is 1.09. The van der Waals surface area contributed by atoms with Gasteiger partial charge in [0, 0.05) is 19.8 Å². The minimum atomic E-state index is -0.370. The maximum atomic E-state index is 11.8. The van der Waals surface area contributed by atoms with E-state index in [1.165, 1.54) is 0 Å². The zero-order chi connectivity index (χ0) is 13.7. The van der Waals surface area contributed by atoms with Crippen molar-refractivity contribution in [1.82, 2.24) is 14.9 Å². The van der Waals surface area contributed by atoms with Crippen LogP contribution in [0, 0.1) is 12.8 Å². The molecule has 0 aromatic carbocycles. The lowest BCUT2D eigenvalue weighted by atomic mass is 9.92. The molecule has 1 fully saturated rings. The van der Waals surface area contributed by atoms with Gasteiger partial charge in [-0.2, -0.15) is 0 Å². The van der Waals surface area contributed by atoms with Gasteiger partial charge in [-0.1, -0.05) is 4.49 Å². The van der Waals surface area contributed by atoms with Crippen molar-refractivity contribution < 1.29 is 14.6 Å². The van der Waals surface area contributed by atoms with Crippen molar-refractivity contribution in [2.24, 2.45) is 5.92 Å². The first-order chi connectivity index (χ1) is 9.18. The van der Waals surface area contributed by atoms with E-state index in [-0.39, 0.29) is 17.9 Å². The molecule has 19 heavy (non-hydrogen) atoms. The minimum Gasteiger partial charge on any atom is -0.393 e. The van der Waals surface area contributed by atoms with Crippen molar-refractivity contribution in [3.63, 3.8) is 0 Å². The highest BCUT2D eigenvalue weighted by molar-refractivity contribution is 7.07. The number of aromatic nitrogens is 2. The molecule has 1 atom stereocenters. The Bertz CT molecular complexity index is 418. The number of nitrogens with zero attached hydrogens (tertiary/aromatic N) is 2. The highest BCUT2D eigenvalue weighted by atomic mass is 32.1. The average molecular weight is 285 g/mol. The van der Waals surface area contributed by atoms with E-state index in [2.05, 4.69) is 14.9 Å². The van der Waals surface area contributed by atoms with E-state index in [1.807, 2.05) is 0 Å². The molecule has 1 aliphatic heterocycles.